The van der Waals surface area contributed by atoms with Crippen molar-refractivity contribution >= 4 is 0 Å². The second-order valence-corrected chi connectivity index (χ2v) is 5.25. The van der Waals surface area contributed by atoms with Crippen LogP contribution in [0.4, 0.5) is 0 Å². The maximum Gasteiger partial charge on any atom is 0.104 e. The van der Waals surface area contributed by atoms with E-state index in [0.717, 1.165) is 32.4 Å². The molecule has 0 aromatic heterocycles. The van der Waals surface area contributed by atoms with E-state index < -0.39 is 0 Å². The molecule has 17 heavy (non-hydrogen) atoms. The summed E-state index contributed by atoms with van der Waals surface area (Å²) < 4.78 is 5.81. The molecule has 1 rings (SSSR count). The van der Waals surface area contributed by atoms with Gasteiger partial charge in [0, 0.05) is 6.61 Å². The van der Waals surface area contributed by atoms with E-state index in [0.29, 0.717) is 6.10 Å². The highest BCUT2D eigenvalue weighted by Crippen LogP contribution is 2.21. The largest absolute Gasteiger partial charge is 0.378 e. The average Bonchev–Trinajstić information content (AvgIpc) is 2.85. The normalized spacial score (nSPS) is 20.1. The number of nitrogens with one attached hydrogen (secondary N) is 1. The number of nitriles is 1. The number of hydrogen-bond donors (Lipinski definition) is 1. The molecule has 3 nitrogen and oxygen atoms in total. The van der Waals surface area contributed by atoms with Gasteiger partial charge >= 0.3 is 0 Å². The predicted octanol–water partition coefficient (Wildman–Crippen LogP) is 3.01. The standard InChI is InChI=1S/C14H26N2O/c1-3-10-16-14(2,12-15)9-6-11-17-13-7-4-5-8-13/h13,16H,3-11H2,1-2H3. The first kappa shape index (κ1) is 14.5. The lowest BCUT2D eigenvalue weighted by Crippen LogP contribution is -2.41. The van der Waals surface area contributed by atoms with Gasteiger partial charge in [0.25, 0.3) is 0 Å². The predicted molar refractivity (Wildman–Crippen MR) is 69.8 cm³/mol. The molecule has 0 spiro atoms. The fourth-order valence-electron chi connectivity index (χ4n) is 2.32. The highest BCUT2D eigenvalue weighted by molar-refractivity contribution is 5.03. The van der Waals surface area contributed by atoms with E-state index in [1.165, 1.54) is 25.7 Å². The third-order valence-electron chi connectivity index (χ3n) is 3.49. The van der Waals surface area contributed by atoms with Crippen LogP contribution in [0.25, 0.3) is 0 Å². The van der Waals surface area contributed by atoms with Gasteiger partial charge in [-0.25, -0.2) is 0 Å². The second-order valence-electron chi connectivity index (χ2n) is 5.25. The van der Waals surface area contributed by atoms with Crippen molar-refractivity contribution in [1.29, 1.82) is 5.26 Å². The van der Waals surface area contributed by atoms with Crippen LogP contribution in [-0.4, -0.2) is 24.8 Å². The van der Waals surface area contributed by atoms with E-state index in [1.54, 1.807) is 0 Å². The average molecular weight is 238 g/mol. The smallest absolute Gasteiger partial charge is 0.104 e. The monoisotopic (exact) mass is 238 g/mol. The van der Waals surface area contributed by atoms with Gasteiger partial charge < -0.3 is 4.74 Å². The van der Waals surface area contributed by atoms with Gasteiger partial charge in [-0.15, -0.1) is 0 Å². The van der Waals surface area contributed by atoms with Crippen LogP contribution in [0.1, 0.15) is 58.8 Å². The van der Waals surface area contributed by atoms with Gasteiger partial charge in [-0.2, -0.15) is 5.26 Å². The van der Waals surface area contributed by atoms with Gasteiger partial charge in [-0.3, -0.25) is 5.32 Å². The highest BCUT2D eigenvalue weighted by Gasteiger charge is 2.22. The van der Waals surface area contributed by atoms with Crippen LogP contribution in [0, 0.1) is 11.3 Å². The molecule has 1 aliphatic carbocycles. The Morgan fingerprint density at radius 1 is 1.41 bits per heavy atom. The Balaban J connectivity index is 2.12. The minimum absolute atomic E-state index is 0.380. The molecule has 0 bridgehead atoms. The molecule has 0 radical (unpaired) electrons. The van der Waals surface area contributed by atoms with Crippen LogP contribution in [0.3, 0.4) is 0 Å². The summed E-state index contributed by atoms with van der Waals surface area (Å²) in [5.41, 5.74) is -0.380. The lowest BCUT2D eigenvalue weighted by Gasteiger charge is -2.23. The zero-order chi connectivity index (χ0) is 12.6. The molecular formula is C14H26N2O. The fraction of sp³-hybridized carbons (Fsp3) is 0.929. The molecule has 1 unspecified atom stereocenters. The molecule has 0 amide bonds. The summed E-state index contributed by atoms with van der Waals surface area (Å²) in [5.74, 6) is 0. The fourth-order valence-corrected chi connectivity index (χ4v) is 2.32. The number of rotatable bonds is 8. The van der Waals surface area contributed by atoms with Gasteiger partial charge in [-0.05, 0) is 45.6 Å². The molecule has 0 aromatic rings. The first-order valence-electron chi connectivity index (χ1n) is 6.98. The Bertz CT molecular complexity index is 243. The Labute approximate surface area is 106 Å². The topological polar surface area (TPSA) is 45.0 Å². The van der Waals surface area contributed by atoms with E-state index >= 15 is 0 Å². The van der Waals surface area contributed by atoms with Gasteiger partial charge in [-0.1, -0.05) is 19.8 Å². The Kier molecular flexibility index (Phi) is 6.54. The van der Waals surface area contributed by atoms with Crippen molar-refractivity contribution in [2.24, 2.45) is 0 Å². The molecule has 1 fully saturated rings. The quantitative estimate of drug-likeness (QED) is 0.661. The van der Waals surface area contributed by atoms with Gasteiger partial charge in [0.1, 0.15) is 5.54 Å². The minimum Gasteiger partial charge on any atom is -0.378 e. The van der Waals surface area contributed by atoms with Gasteiger partial charge in [0.2, 0.25) is 0 Å². The van der Waals surface area contributed by atoms with Gasteiger partial charge in [0.15, 0.2) is 0 Å². The molecule has 1 N–H and O–H groups in total. The number of ether oxygens (including phenoxy) is 1. The molecule has 0 aromatic carbocycles. The van der Waals surface area contributed by atoms with E-state index in [-0.39, 0.29) is 5.54 Å². The number of hydrogen-bond acceptors (Lipinski definition) is 3. The summed E-state index contributed by atoms with van der Waals surface area (Å²) in [4.78, 5) is 0. The van der Waals surface area contributed by atoms with Gasteiger partial charge in [0.05, 0.1) is 12.2 Å². The molecule has 0 heterocycles. The molecule has 0 saturated heterocycles. The highest BCUT2D eigenvalue weighted by atomic mass is 16.5. The van der Waals surface area contributed by atoms with Crippen molar-refractivity contribution in [3.05, 3.63) is 0 Å². The summed E-state index contributed by atoms with van der Waals surface area (Å²) >= 11 is 0. The SMILES string of the molecule is CCCNC(C)(C#N)CCCOC1CCCC1. The number of nitrogens with zero attached hydrogens (tertiary/aromatic N) is 1. The van der Waals surface area contributed by atoms with Crippen LogP contribution in [-0.2, 0) is 4.74 Å². The van der Waals surface area contributed by atoms with Crippen molar-refractivity contribution in [3.8, 4) is 6.07 Å². The molecule has 1 saturated carbocycles. The lowest BCUT2D eigenvalue weighted by molar-refractivity contribution is 0.0536. The van der Waals surface area contributed by atoms with E-state index in [4.69, 9.17) is 10.00 Å². The van der Waals surface area contributed by atoms with Crippen LogP contribution >= 0.6 is 0 Å². The van der Waals surface area contributed by atoms with Crippen LogP contribution < -0.4 is 5.32 Å². The summed E-state index contributed by atoms with van der Waals surface area (Å²) in [6, 6.07) is 2.38. The molecule has 1 atom stereocenters. The summed E-state index contributed by atoms with van der Waals surface area (Å²) in [7, 11) is 0. The molecule has 0 aliphatic heterocycles. The van der Waals surface area contributed by atoms with Crippen molar-refractivity contribution in [1.82, 2.24) is 5.32 Å². The molecule has 1 aliphatic rings. The first-order valence-corrected chi connectivity index (χ1v) is 6.98. The maximum absolute atomic E-state index is 9.17. The molecular weight excluding hydrogens is 212 g/mol. The van der Waals surface area contributed by atoms with Crippen molar-refractivity contribution in [2.75, 3.05) is 13.2 Å². The Hall–Kier alpha value is -0.590. The van der Waals surface area contributed by atoms with Crippen molar-refractivity contribution in [3.63, 3.8) is 0 Å². The maximum atomic E-state index is 9.17. The summed E-state index contributed by atoms with van der Waals surface area (Å²) in [6.45, 7) is 5.81. The summed E-state index contributed by atoms with van der Waals surface area (Å²) in [6.07, 6.45) is 8.49. The lowest BCUT2D eigenvalue weighted by atomic mass is 9.98. The molecule has 98 valence electrons. The third-order valence-corrected chi connectivity index (χ3v) is 3.49. The van der Waals surface area contributed by atoms with E-state index in [1.807, 2.05) is 6.92 Å². The first-order chi connectivity index (χ1) is 8.20. The van der Waals surface area contributed by atoms with E-state index in [9.17, 15) is 0 Å². The second kappa shape index (κ2) is 7.68. The van der Waals surface area contributed by atoms with Crippen LogP contribution in [0.5, 0.6) is 0 Å². The Morgan fingerprint density at radius 3 is 2.71 bits per heavy atom. The van der Waals surface area contributed by atoms with Crippen LogP contribution in [0.15, 0.2) is 0 Å². The third kappa shape index (κ3) is 5.52. The zero-order valence-corrected chi connectivity index (χ0v) is 11.3. The van der Waals surface area contributed by atoms with Crippen molar-refractivity contribution in [2.45, 2.75) is 70.4 Å². The van der Waals surface area contributed by atoms with Crippen molar-refractivity contribution < 1.29 is 4.74 Å². The summed E-state index contributed by atoms with van der Waals surface area (Å²) in [5, 5.41) is 12.5. The van der Waals surface area contributed by atoms with Crippen LogP contribution in [0.2, 0.25) is 0 Å². The molecule has 3 heteroatoms. The zero-order valence-electron chi connectivity index (χ0n) is 11.3. The van der Waals surface area contributed by atoms with E-state index in [2.05, 4.69) is 18.3 Å². The Morgan fingerprint density at radius 2 is 2.12 bits per heavy atom. The minimum atomic E-state index is -0.380.